The Bertz CT molecular complexity index is 590. The Balaban J connectivity index is 1.40. The number of hydrogen-bond donors (Lipinski definition) is 1. The Hall–Kier alpha value is -1.41. The van der Waals surface area contributed by atoms with Gasteiger partial charge in [0.15, 0.2) is 0 Å². The molecule has 2 fully saturated rings. The maximum absolute atomic E-state index is 13.2. The Kier molecular flexibility index (Phi) is 6.47. The van der Waals surface area contributed by atoms with E-state index >= 15 is 0 Å². The minimum Gasteiger partial charge on any atom is -0.379 e. The Morgan fingerprint density at radius 1 is 1.08 bits per heavy atom. The van der Waals surface area contributed by atoms with E-state index in [4.69, 9.17) is 16.3 Å². The number of nitrogens with zero attached hydrogens (tertiary/aromatic N) is 3. The van der Waals surface area contributed by atoms with Gasteiger partial charge < -0.3 is 15.0 Å². The van der Waals surface area contributed by atoms with Crippen LogP contribution in [-0.4, -0.2) is 86.3 Å². The SMILES string of the molecule is O=C(Nc1ccc(F)c(Cl)c1)N1CCN(CCN2CCOCC2)CC1. The minimum absolute atomic E-state index is 0.00531. The van der Waals surface area contributed by atoms with Gasteiger partial charge in [0.1, 0.15) is 5.82 Å². The normalized spacial score (nSPS) is 19.8. The van der Waals surface area contributed by atoms with E-state index < -0.39 is 5.82 Å². The van der Waals surface area contributed by atoms with Gasteiger partial charge in [-0.3, -0.25) is 9.80 Å². The summed E-state index contributed by atoms with van der Waals surface area (Å²) in [6, 6.07) is 4.02. The molecule has 0 aliphatic carbocycles. The number of hydrogen-bond acceptors (Lipinski definition) is 4. The zero-order valence-electron chi connectivity index (χ0n) is 14.2. The maximum atomic E-state index is 13.2. The molecule has 1 aromatic carbocycles. The lowest BCUT2D eigenvalue weighted by Gasteiger charge is -2.36. The molecule has 2 amide bonds. The molecular formula is C17H24ClFN4O2. The Labute approximate surface area is 152 Å². The average Bonchev–Trinajstić information content (AvgIpc) is 2.64. The third-order valence-corrected chi connectivity index (χ3v) is 4.96. The summed E-state index contributed by atoms with van der Waals surface area (Å²) in [4.78, 5) is 18.9. The maximum Gasteiger partial charge on any atom is 0.321 e. The van der Waals surface area contributed by atoms with Crippen molar-refractivity contribution in [1.82, 2.24) is 14.7 Å². The highest BCUT2D eigenvalue weighted by Gasteiger charge is 2.22. The standard InChI is InChI=1S/C17H24ClFN4O2/c18-15-13-14(1-2-16(15)19)20-17(24)23-7-5-21(6-8-23)3-4-22-9-11-25-12-10-22/h1-2,13H,3-12H2,(H,20,24). The van der Waals surface area contributed by atoms with E-state index in [1.807, 2.05) is 0 Å². The predicted molar refractivity (Wildman–Crippen MR) is 95.7 cm³/mol. The molecule has 1 aromatic rings. The highest BCUT2D eigenvalue weighted by atomic mass is 35.5. The summed E-state index contributed by atoms with van der Waals surface area (Å²) in [7, 11) is 0. The second kappa shape index (κ2) is 8.80. The Morgan fingerprint density at radius 2 is 1.72 bits per heavy atom. The summed E-state index contributed by atoms with van der Waals surface area (Å²) in [6.07, 6.45) is 0. The van der Waals surface area contributed by atoms with Crippen molar-refractivity contribution >= 4 is 23.3 Å². The van der Waals surface area contributed by atoms with Gasteiger partial charge in [-0.1, -0.05) is 11.6 Å². The van der Waals surface area contributed by atoms with Gasteiger partial charge in [-0.2, -0.15) is 0 Å². The first-order valence-electron chi connectivity index (χ1n) is 8.65. The third-order valence-electron chi connectivity index (χ3n) is 4.67. The van der Waals surface area contributed by atoms with E-state index in [1.165, 1.54) is 18.2 Å². The van der Waals surface area contributed by atoms with Crippen LogP contribution in [0, 0.1) is 5.82 Å². The molecule has 0 bridgehead atoms. The topological polar surface area (TPSA) is 48.1 Å². The molecule has 138 valence electrons. The summed E-state index contributed by atoms with van der Waals surface area (Å²) < 4.78 is 18.5. The number of urea groups is 1. The summed E-state index contributed by atoms with van der Waals surface area (Å²) in [6.45, 7) is 8.80. The van der Waals surface area contributed by atoms with E-state index in [0.29, 0.717) is 18.8 Å². The monoisotopic (exact) mass is 370 g/mol. The molecule has 8 heteroatoms. The second-order valence-corrected chi connectivity index (χ2v) is 6.75. The number of morpholine rings is 1. The molecule has 0 aromatic heterocycles. The number of amides is 2. The van der Waals surface area contributed by atoms with E-state index in [-0.39, 0.29) is 11.1 Å². The first-order chi connectivity index (χ1) is 12.1. The zero-order chi connectivity index (χ0) is 17.6. The molecule has 0 saturated carbocycles. The molecule has 2 aliphatic heterocycles. The minimum atomic E-state index is -0.492. The molecule has 2 heterocycles. The molecule has 2 aliphatic rings. The highest BCUT2D eigenvalue weighted by molar-refractivity contribution is 6.31. The third kappa shape index (κ3) is 5.28. The van der Waals surface area contributed by atoms with Gasteiger partial charge in [0.2, 0.25) is 0 Å². The van der Waals surface area contributed by atoms with E-state index in [0.717, 1.165) is 52.5 Å². The van der Waals surface area contributed by atoms with Crippen molar-refractivity contribution in [3.8, 4) is 0 Å². The highest BCUT2D eigenvalue weighted by Crippen LogP contribution is 2.19. The second-order valence-electron chi connectivity index (χ2n) is 6.34. The van der Waals surface area contributed by atoms with Crippen LogP contribution in [0.15, 0.2) is 18.2 Å². The van der Waals surface area contributed by atoms with Crippen LogP contribution in [0.4, 0.5) is 14.9 Å². The first-order valence-corrected chi connectivity index (χ1v) is 9.03. The summed E-state index contributed by atoms with van der Waals surface area (Å²) in [5.74, 6) is -0.492. The molecule has 0 spiro atoms. The van der Waals surface area contributed by atoms with Crippen molar-refractivity contribution in [1.29, 1.82) is 0 Å². The predicted octanol–water partition coefficient (Wildman–Crippen LogP) is 1.96. The van der Waals surface area contributed by atoms with E-state index in [9.17, 15) is 9.18 Å². The van der Waals surface area contributed by atoms with Gasteiger partial charge in [-0.15, -0.1) is 0 Å². The lowest BCUT2D eigenvalue weighted by molar-refractivity contribution is 0.0311. The van der Waals surface area contributed by atoms with Gasteiger partial charge in [0.25, 0.3) is 0 Å². The number of benzene rings is 1. The molecule has 0 radical (unpaired) electrons. The van der Waals surface area contributed by atoms with Crippen LogP contribution in [0.3, 0.4) is 0 Å². The molecule has 3 rings (SSSR count). The van der Waals surface area contributed by atoms with Gasteiger partial charge in [-0.05, 0) is 18.2 Å². The smallest absolute Gasteiger partial charge is 0.321 e. The molecule has 25 heavy (non-hydrogen) atoms. The lowest BCUT2D eigenvalue weighted by atomic mass is 10.3. The van der Waals surface area contributed by atoms with Crippen molar-refractivity contribution in [3.05, 3.63) is 29.0 Å². The van der Waals surface area contributed by atoms with Crippen LogP contribution in [0.25, 0.3) is 0 Å². The van der Waals surface area contributed by atoms with Gasteiger partial charge in [0.05, 0.1) is 18.2 Å². The van der Waals surface area contributed by atoms with Gasteiger partial charge >= 0.3 is 6.03 Å². The molecular weight excluding hydrogens is 347 g/mol. The quantitative estimate of drug-likeness (QED) is 0.880. The van der Waals surface area contributed by atoms with Crippen molar-refractivity contribution < 1.29 is 13.9 Å². The van der Waals surface area contributed by atoms with Crippen LogP contribution >= 0.6 is 11.6 Å². The number of halogens is 2. The average molecular weight is 371 g/mol. The van der Waals surface area contributed by atoms with Crippen molar-refractivity contribution in [2.24, 2.45) is 0 Å². The molecule has 6 nitrogen and oxygen atoms in total. The van der Waals surface area contributed by atoms with Crippen LogP contribution < -0.4 is 5.32 Å². The van der Waals surface area contributed by atoms with Crippen LogP contribution in [0.2, 0.25) is 5.02 Å². The number of rotatable bonds is 4. The summed E-state index contributed by atoms with van der Waals surface area (Å²) in [5.41, 5.74) is 0.506. The van der Waals surface area contributed by atoms with Gasteiger partial charge in [0, 0.05) is 58.0 Å². The fraction of sp³-hybridized carbons (Fsp3) is 0.588. The largest absolute Gasteiger partial charge is 0.379 e. The molecule has 2 saturated heterocycles. The van der Waals surface area contributed by atoms with E-state index in [1.54, 1.807) is 4.90 Å². The number of anilines is 1. The fourth-order valence-corrected chi connectivity index (χ4v) is 3.24. The van der Waals surface area contributed by atoms with Crippen LogP contribution in [0.1, 0.15) is 0 Å². The van der Waals surface area contributed by atoms with Crippen LogP contribution in [-0.2, 0) is 4.74 Å². The van der Waals surface area contributed by atoms with Crippen molar-refractivity contribution in [2.75, 3.05) is 70.9 Å². The van der Waals surface area contributed by atoms with Crippen molar-refractivity contribution in [2.45, 2.75) is 0 Å². The number of carbonyl (C=O) groups excluding carboxylic acids is 1. The molecule has 0 atom stereocenters. The summed E-state index contributed by atoms with van der Waals surface area (Å²) >= 11 is 5.74. The summed E-state index contributed by atoms with van der Waals surface area (Å²) in [5, 5.41) is 2.78. The van der Waals surface area contributed by atoms with Crippen LogP contribution in [0.5, 0.6) is 0 Å². The number of piperazine rings is 1. The fourth-order valence-electron chi connectivity index (χ4n) is 3.06. The van der Waals surface area contributed by atoms with E-state index in [2.05, 4.69) is 15.1 Å². The zero-order valence-corrected chi connectivity index (χ0v) is 15.0. The lowest BCUT2D eigenvalue weighted by Crippen LogP contribution is -2.51. The number of ether oxygens (including phenoxy) is 1. The molecule has 0 unspecified atom stereocenters. The Morgan fingerprint density at radius 3 is 2.36 bits per heavy atom. The van der Waals surface area contributed by atoms with Crippen molar-refractivity contribution in [3.63, 3.8) is 0 Å². The number of carbonyl (C=O) groups is 1. The van der Waals surface area contributed by atoms with Gasteiger partial charge in [-0.25, -0.2) is 9.18 Å². The number of nitrogens with one attached hydrogen (secondary N) is 1. The molecule has 1 N–H and O–H groups in total. The first kappa shape index (κ1) is 18.4.